The number of nitrogens with two attached hydrogens (primary N) is 1. The van der Waals surface area contributed by atoms with E-state index in [4.69, 9.17) is 5.73 Å². The summed E-state index contributed by atoms with van der Waals surface area (Å²) < 4.78 is 0.835. The van der Waals surface area contributed by atoms with Crippen LogP contribution in [0.1, 0.15) is 16.2 Å². The summed E-state index contributed by atoms with van der Waals surface area (Å²) >= 11 is 3.28. The van der Waals surface area contributed by atoms with Gasteiger partial charge in [0.1, 0.15) is 12.2 Å². The zero-order chi connectivity index (χ0) is 12.3. The number of carbonyl (C=O) groups excluding carboxylic acids is 1. The van der Waals surface area contributed by atoms with Crippen molar-refractivity contribution in [3.8, 4) is 0 Å². The summed E-state index contributed by atoms with van der Waals surface area (Å²) in [6, 6.07) is 5.11. The Bertz CT molecular complexity index is 525. The maximum absolute atomic E-state index is 11.8. The van der Waals surface area contributed by atoms with Crippen molar-refractivity contribution >= 4 is 27.5 Å². The number of aromatic nitrogens is 3. The van der Waals surface area contributed by atoms with Crippen LogP contribution in [0.4, 0.5) is 5.69 Å². The lowest BCUT2D eigenvalue weighted by Crippen LogP contribution is -2.24. The largest absolute Gasteiger partial charge is 0.398 e. The van der Waals surface area contributed by atoms with E-state index in [-0.39, 0.29) is 12.5 Å². The summed E-state index contributed by atoms with van der Waals surface area (Å²) in [6.45, 7) is 0.286. The molecule has 0 radical (unpaired) electrons. The van der Waals surface area contributed by atoms with Gasteiger partial charge in [0, 0.05) is 10.2 Å². The van der Waals surface area contributed by atoms with Crippen LogP contribution in [0.15, 0.2) is 29.0 Å². The first kappa shape index (κ1) is 11.6. The van der Waals surface area contributed by atoms with E-state index in [9.17, 15) is 4.79 Å². The molecule has 0 aliphatic carbocycles. The van der Waals surface area contributed by atoms with Gasteiger partial charge in [-0.3, -0.25) is 9.89 Å². The number of benzene rings is 1. The van der Waals surface area contributed by atoms with Crippen LogP contribution in [0, 0.1) is 0 Å². The molecular weight excluding hydrogens is 286 g/mol. The van der Waals surface area contributed by atoms with Gasteiger partial charge in [-0.1, -0.05) is 15.9 Å². The Hall–Kier alpha value is -1.89. The average Bonchev–Trinajstić information content (AvgIpc) is 2.78. The molecule has 1 aromatic carbocycles. The number of nitrogen functional groups attached to an aromatic ring is 1. The number of hydrogen-bond acceptors (Lipinski definition) is 4. The van der Waals surface area contributed by atoms with Crippen LogP contribution in [0.2, 0.25) is 0 Å². The van der Waals surface area contributed by atoms with Crippen molar-refractivity contribution in [2.75, 3.05) is 5.73 Å². The molecule has 1 amide bonds. The number of rotatable bonds is 3. The first-order valence-electron chi connectivity index (χ1n) is 4.84. The van der Waals surface area contributed by atoms with Crippen molar-refractivity contribution in [1.82, 2.24) is 20.5 Å². The molecule has 0 unspecified atom stereocenters. The van der Waals surface area contributed by atoms with Gasteiger partial charge in [-0.25, -0.2) is 4.98 Å². The van der Waals surface area contributed by atoms with Crippen LogP contribution in [0.3, 0.4) is 0 Å². The molecule has 7 heteroatoms. The highest BCUT2D eigenvalue weighted by Crippen LogP contribution is 2.18. The van der Waals surface area contributed by atoms with E-state index in [1.807, 2.05) is 0 Å². The molecule has 4 N–H and O–H groups in total. The van der Waals surface area contributed by atoms with Gasteiger partial charge in [-0.05, 0) is 18.2 Å². The zero-order valence-electron chi connectivity index (χ0n) is 8.77. The van der Waals surface area contributed by atoms with Gasteiger partial charge < -0.3 is 11.1 Å². The molecule has 6 nitrogen and oxygen atoms in total. The SMILES string of the molecule is Nc1cc(Br)ccc1C(=O)NCc1ncn[nH]1. The van der Waals surface area contributed by atoms with Crippen molar-refractivity contribution in [2.45, 2.75) is 6.54 Å². The highest BCUT2D eigenvalue weighted by molar-refractivity contribution is 9.10. The maximum atomic E-state index is 11.8. The Kier molecular flexibility index (Phi) is 3.38. The van der Waals surface area contributed by atoms with E-state index < -0.39 is 0 Å². The number of nitrogens with zero attached hydrogens (tertiary/aromatic N) is 2. The van der Waals surface area contributed by atoms with Gasteiger partial charge in [0.15, 0.2) is 0 Å². The van der Waals surface area contributed by atoms with Crippen LogP contribution in [-0.4, -0.2) is 21.1 Å². The molecule has 0 spiro atoms. The maximum Gasteiger partial charge on any atom is 0.253 e. The molecule has 0 atom stereocenters. The third-order valence-electron chi connectivity index (χ3n) is 2.14. The summed E-state index contributed by atoms with van der Waals surface area (Å²) in [4.78, 5) is 15.7. The minimum absolute atomic E-state index is 0.244. The fraction of sp³-hybridized carbons (Fsp3) is 0.100. The molecule has 2 rings (SSSR count). The predicted octanol–water partition coefficient (Wildman–Crippen LogP) is 1.08. The van der Waals surface area contributed by atoms with E-state index >= 15 is 0 Å². The van der Waals surface area contributed by atoms with Gasteiger partial charge in [0.05, 0.1) is 12.1 Å². The summed E-state index contributed by atoms with van der Waals surface area (Å²) in [5, 5.41) is 9.03. The summed E-state index contributed by atoms with van der Waals surface area (Å²) in [5.74, 6) is 0.348. The molecule has 0 bridgehead atoms. The third kappa shape index (κ3) is 2.82. The first-order valence-corrected chi connectivity index (χ1v) is 5.63. The van der Waals surface area contributed by atoms with E-state index in [1.54, 1.807) is 18.2 Å². The fourth-order valence-corrected chi connectivity index (χ4v) is 1.69. The summed E-state index contributed by atoms with van der Waals surface area (Å²) in [5.41, 5.74) is 6.61. The van der Waals surface area contributed by atoms with Crippen LogP contribution < -0.4 is 11.1 Å². The molecule has 0 saturated heterocycles. The van der Waals surface area contributed by atoms with Crippen molar-refractivity contribution in [2.24, 2.45) is 0 Å². The quantitative estimate of drug-likeness (QED) is 0.738. The Labute approximate surface area is 106 Å². The lowest BCUT2D eigenvalue weighted by Gasteiger charge is -2.06. The topological polar surface area (TPSA) is 96.7 Å². The minimum atomic E-state index is -0.244. The lowest BCUT2D eigenvalue weighted by molar-refractivity contribution is 0.0951. The Morgan fingerprint density at radius 1 is 1.53 bits per heavy atom. The summed E-state index contributed by atoms with van der Waals surface area (Å²) in [6.07, 6.45) is 1.38. The minimum Gasteiger partial charge on any atom is -0.398 e. The average molecular weight is 296 g/mol. The molecule has 0 aliphatic rings. The third-order valence-corrected chi connectivity index (χ3v) is 2.63. The number of hydrogen-bond donors (Lipinski definition) is 3. The Balaban J connectivity index is 2.04. The molecule has 0 aliphatic heterocycles. The number of H-pyrrole nitrogens is 1. The van der Waals surface area contributed by atoms with E-state index in [0.29, 0.717) is 17.1 Å². The molecule has 1 heterocycles. The molecule has 1 aromatic heterocycles. The fourth-order valence-electron chi connectivity index (χ4n) is 1.32. The van der Waals surface area contributed by atoms with Crippen molar-refractivity contribution in [3.63, 3.8) is 0 Å². The number of amides is 1. The molecule has 88 valence electrons. The summed E-state index contributed by atoms with van der Waals surface area (Å²) in [7, 11) is 0. The molecular formula is C10H10BrN5O. The first-order chi connectivity index (χ1) is 8.16. The highest BCUT2D eigenvalue weighted by Gasteiger charge is 2.09. The van der Waals surface area contributed by atoms with Crippen molar-refractivity contribution < 1.29 is 4.79 Å². The number of carbonyl (C=O) groups is 1. The van der Waals surface area contributed by atoms with E-state index in [2.05, 4.69) is 36.4 Å². The number of anilines is 1. The van der Waals surface area contributed by atoms with Crippen molar-refractivity contribution in [3.05, 3.63) is 40.4 Å². The van der Waals surface area contributed by atoms with Gasteiger partial charge >= 0.3 is 0 Å². The second-order valence-corrected chi connectivity index (χ2v) is 4.26. The normalized spacial score (nSPS) is 10.2. The van der Waals surface area contributed by atoms with Crippen molar-refractivity contribution in [1.29, 1.82) is 0 Å². The molecule has 2 aromatic rings. The van der Waals surface area contributed by atoms with Gasteiger partial charge in [0.2, 0.25) is 0 Å². The molecule has 17 heavy (non-hydrogen) atoms. The highest BCUT2D eigenvalue weighted by atomic mass is 79.9. The lowest BCUT2D eigenvalue weighted by atomic mass is 10.1. The smallest absolute Gasteiger partial charge is 0.253 e. The van der Waals surface area contributed by atoms with Gasteiger partial charge in [0.25, 0.3) is 5.91 Å². The van der Waals surface area contributed by atoms with Crippen LogP contribution in [-0.2, 0) is 6.54 Å². The Morgan fingerprint density at radius 2 is 2.35 bits per heavy atom. The predicted molar refractivity (Wildman–Crippen MR) is 66.1 cm³/mol. The standard InChI is InChI=1S/C10H10BrN5O/c11-6-1-2-7(8(12)3-6)10(17)13-4-9-14-5-15-16-9/h1-3,5H,4,12H2,(H,13,17)(H,14,15,16). The van der Waals surface area contributed by atoms with Gasteiger partial charge in [-0.2, -0.15) is 5.10 Å². The van der Waals surface area contributed by atoms with Gasteiger partial charge in [-0.15, -0.1) is 0 Å². The van der Waals surface area contributed by atoms with E-state index in [0.717, 1.165) is 4.47 Å². The molecule has 0 fully saturated rings. The molecule has 0 saturated carbocycles. The number of nitrogens with one attached hydrogen (secondary N) is 2. The zero-order valence-corrected chi connectivity index (χ0v) is 10.4. The van der Waals surface area contributed by atoms with Crippen LogP contribution in [0.25, 0.3) is 0 Å². The number of halogens is 1. The van der Waals surface area contributed by atoms with E-state index in [1.165, 1.54) is 6.33 Å². The van der Waals surface area contributed by atoms with Crippen LogP contribution in [0.5, 0.6) is 0 Å². The monoisotopic (exact) mass is 295 g/mol. The second kappa shape index (κ2) is 4.96. The number of aromatic amines is 1. The van der Waals surface area contributed by atoms with Crippen LogP contribution >= 0.6 is 15.9 Å². The second-order valence-electron chi connectivity index (χ2n) is 3.35. The Morgan fingerprint density at radius 3 is 3.00 bits per heavy atom.